The van der Waals surface area contributed by atoms with Gasteiger partial charge in [0.15, 0.2) is 5.78 Å². The summed E-state index contributed by atoms with van der Waals surface area (Å²) in [6, 6.07) is 10.7. The maximum absolute atomic E-state index is 13.2. The van der Waals surface area contributed by atoms with Gasteiger partial charge in [0.1, 0.15) is 5.82 Å². The molecule has 4 rings (SSSR count). The Hall–Kier alpha value is -3.66. The van der Waals surface area contributed by atoms with E-state index in [1.807, 2.05) is 6.07 Å². The number of ketones is 1. The SMILES string of the molecule is Nc1cc(F)ccc1CC(=O)/C=C/c1ccc2c(c1)CCCC2OCc1cc(C(F)(F)F)cc(C(F)(F)F)c1. The highest BCUT2D eigenvalue weighted by Crippen LogP contribution is 2.38. The van der Waals surface area contributed by atoms with E-state index in [0.717, 1.165) is 22.8 Å². The first-order chi connectivity index (χ1) is 18.3. The van der Waals surface area contributed by atoms with Gasteiger partial charge in [-0.25, -0.2) is 4.39 Å². The van der Waals surface area contributed by atoms with E-state index in [1.54, 1.807) is 18.2 Å². The highest BCUT2D eigenvalue weighted by atomic mass is 19.4. The maximum atomic E-state index is 13.2. The van der Waals surface area contributed by atoms with E-state index in [9.17, 15) is 35.5 Å². The summed E-state index contributed by atoms with van der Waals surface area (Å²) in [4.78, 5) is 12.4. The molecule has 3 nitrogen and oxygen atoms in total. The Bertz CT molecular complexity index is 1360. The van der Waals surface area contributed by atoms with Crippen molar-refractivity contribution in [1.82, 2.24) is 0 Å². The van der Waals surface area contributed by atoms with Gasteiger partial charge in [-0.05, 0) is 83.5 Å². The van der Waals surface area contributed by atoms with Crippen molar-refractivity contribution >= 4 is 17.5 Å². The zero-order valence-electron chi connectivity index (χ0n) is 20.5. The summed E-state index contributed by atoms with van der Waals surface area (Å²) >= 11 is 0. The molecule has 1 unspecified atom stereocenters. The monoisotopic (exact) mass is 551 g/mol. The minimum atomic E-state index is -4.93. The number of anilines is 1. The average molecular weight is 552 g/mol. The lowest BCUT2D eigenvalue weighted by Gasteiger charge is -2.26. The molecule has 206 valence electrons. The number of halogens is 7. The first-order valence-corrected chi connectivity index (χ1v) is 12.1. The Labute approximate surface area is 220 Å². The predicted molar refractivity (Wildman–Crippen MR) is 132 cm³/mol. The largest absolute Gasteiger partial charge is 0.416 e. The van der Waals surface area contributed by atoms with E-state index in [0.29, 0.717) is 37.0 Å². The molecular formula is C29H24F7NO2. The van der Waals surface area contributed by atoms with Gasteiger partial charge in [-0.15, -0.1) is 0 Å². The molecular weight excluding hydrogens is 527 g/mol. The van der Waals surface area contributed by atoms with Crippen LogP contribution in [0.1, 0.15) is 57.9 Å². The number of ether oxygens (including phenoxy) is 1. The van der Waals surface area contributed by atoms with Crippen molar-refractivity contribution in [2.75, 3.05) is 5.73 Å². The van der Waals surface area contributed by atoms with Crippen molar-refractivity contribution < 1.29 is 40.3 Å². The Balaban J connectivity index is 1.46. The van der Waals surface area contributed by atoms with Crippen LogP contribution >= 0.6 is 0 Å². The third kappa shape index (κ3) is 7.26. The van der Waals surface area contributed by atoms with Gasteiger partial charge in [-0.1, -0.05) is 30.3 Å². The second-order valence-electron chi connectivity index (χ2n) is 9.38. The molecule has 0 saturated carbocycles. The highest BCUT2D eigenvalue weighted by Gasteiger charge is 2.37. The highest BCUT2D eigenvalue weighted by molar-refractivity contribution is 5.95. The molecule has 0 spiro atoms. The number of carbonyl (C=O) groups is 1. The van der Waals surface area contributed by atoms with Gasteiger partial charge in [-0.2, -0.15) is 26.3 Å². The molecule has 39 heavy (non-hydrogen) atoms. The fourth-order valence-electron chi connectivity index (χ4n) is 4.53. The number of hydrogen-bond donors (Lipinski definition) is 1. The number of benzene rings is 3. The molecule has 0 amide bonds. The fourth-order valence-corrected chi connectivity index (χ4v) is 4.53. The van der Waals surface area contributed by atoms with Crippen molar-refractivity contribution in [1.29, 1.82) is 0 Å². The van der Waals surface area contributed by atoms with Crippen LogP contribution in [0.25, 0.3) is 6.08 Å². The number of rotatable bonds is 7. The van der Waals surface area contributed by atoms with Gasteiger partial charge in [-0.3, -0.25) is 4.79 Å². The van der Waals surface area contributed by atoms with Crippen LogP contribution in [0.15, 0.2) is 60.7 Å². The molecule has 1 aliphatic carbocycles. The maximum Gasteiger partial charge on any atom is 0.416 e. The predicted octanol–water partition coefficient (Wildman–Crippen LogP) is 7.86. The number of nitrogens with two attached hydrogens (primary N) is 1. The summed E-state index contributed by atoms with van der Waals surface area (Å²) in [5.74, 6) is -0.719. The lowest BCUT2D eigenvalue weighted by Crippen LogP contribution is -2.15. The van der Waals surface area contributed by atoms with Crippen molar-refractivity contribution in [2.45, 2.75) is 50.7 Å². The number of aryl methyl sites for hydroxylation is 1. The zero-order valence-corrected chi connectivity index (χ0v) is 20.5. The molecule has 0 radical (unpaired) electrons. The van der Waals surface area contributed by atoms with Gasteiger partial charge in [0.2, 0.25) is 0 Å². The van der Waals surface area contributed by atoms with Crippen LogP contribution in [-0.2, 0) is 41.3 Å². The summed E-state index contributed by atoms with van der Waals surface area (Å²) in [6.45, 7) is -0.417. The molecule has 0 fully saturated rings. The molecule has 2 N–H and O–H groups in total. The first-order valence-electron chi connectivity index (χ1n) is 12.1. The van der Waals surface area contributed by atoms with Gasteiger partial charge >= 0.3 is 12.4 Å². The molecule has 0 aromatic heterocycles. The summed E-state index contributed by atoms with van der Waals surface area (Å²) < 4.78 is 98.0. The van der Waals surface area contributed by atoms with Gasteiger partial charge in [0.05, 0.1) is 23.8 Å². The third-order valence-electron chi connectivity index (χ3n) is 6.46. The molecule has 1 atom stereocenters. The Kier molecular flexibility index (Phi) is 8.15. The smallest absolute Gasteiger partial charge is 0.398 e. The topological polar surface area (TPSA) is 52.3 Å². The number of nitrogen functional groups attached to an aromatic ring is 1. The molecule has 0 saturated heterocycles. The molecule has 3 aromatic carbocycles. The number of carbonyl (C=O) groups excluding carboxylic acids is 1. The molecule has 0 bridgehead atoms. The van der Waals surface area contributed by atoms with E-state index in [-0.39, 0.29) is 29.5 Å². The number of hydrogen-bond acceptors (Lipinski definition) is 3. The summed E-state index contributed by atoms with van der Waals surface area (Å²) in [7, 11) is 0. The zero-order chi connectivity index (χ0) is 28.4. The average Bonchev–Trinajstić information content (AvgIpc) is 2.86. The van der Waals surface area contributed by atoms with Crippen molar-refractivity contribution in [3.05, 3.63) is 105 Å². The first kappa shape index (κ1) is 28.4. The summed E-state index contributed by atoms with van der Waals surface area (Å²) in [6.07, 6.45) is -5.34. The quantitative estimate of drug-likeness (QED) is 0.185. The van der Waals surface area contributed by atoms with Crippen LogP contribution in [0.5, 0.6) is 0 Å². The lowest BCUT2D eigenvalue weighted by atomic mass is 9.88. The minimum absolute atomic E-state index is 0.00899. The standard InChI is InChI=1S/C29H24F7NO2/c30-23-7-6-20(26(37)15-23)13-24(38)8-4-17-5-9-25-19(10-17)2-1-3-27(25)39-16-18-11-21(28(31,32)33)14-22(12-18)29(34,35)36/h4-12,14-15,27H,1-3,13,16,37H2/b8-4+. The van der Waals surface area contributed by atoms with E-state index in [1.165, 1.54) is 18.2 Å². The number of alkyl halides is 6. The van der Waals surface area contributed by atoms with Gasteiger partial charge in [0.25, 0.3) is 0 Å². The summed E-state index contributed by atoms with van der Waals surface area (Å²) in [5, 5.41) is 0. The van der Waals surface area contributed by atoms with Crippen molar-refractivity contribution in [3.8, 4) is 0 Å². The Morgan fingerprint density at radius 1 is 0.949 bits per heavy atom. The van der Waals surface area contributed by atoms with E-state index in [4.69, 9.17) is 10.5 Å². The van der Waals surface area contributed by atoms with Crippen LogP contribution in [0, 0.1) is 5.82 Å². The van der Waals surface area contributed by atoms with Crippen molar-refractivity contribution in [2.24, 2.45) is 0 Å². The van der Waals surface area contributed by atoms with Crippen LogP contribution in [0.2, 0.25) is 0 Å². The second kappa shape index (κ2) is 11.2. The van der Waals surface area contributed by atoms with Gasteiger partial charge in [0, 0.05) is 12.1 Å². The van der Waals surface area contributed by atoms with E-state index in [2.05, 4.69) is 0 Å². The molecule has 0 aliphatic heterocycles. The van der Waals surface area contributed by atoms with Crippen LogP contribution in [-0.4, -0.2) is 5.78 Å². The van der Waals surface area contributed by atoms with Crippen LogP contribution < -0.4 is 5.73 Å². The number of fused-ring (bicyclic) bond motifs is 1. The molecule has 0 heterocycles. The van der Waals surface area contributed by atoms with E-state index < -0.39 is 42.0 Å². The minimum Gasteiger partial charge on any atom is -0.398 e. The Morgan fingerprint density at radius 2 is 1.64 bits per heavy atom. The van der Waals surface area contributed by atoms with Crippen LogP contribution in [0.3, 0.4) is 0 Å². The van der Waals surface area contributed by atoms with Gasteiger partial charge < -0.3 is 10.5 Å². The molecule has 3 aromatic rings. The summed E-state index contributed by atoms with van der Waals surface area (Å²) in [5.41, 5.74) is 5.93. The van der Waals surface area contributed by atoms with E-state index >= 15 is 0 Å². The third-order valence-corrected chi connectivity index (χ3v) is 6.46. The second-order valence-corrected chi connectivity index (χ2v) is 9.38. The van der Waals surface area contributed by atoms with Crippen molar-refractivity contribution in [3.63, 3.8) is 0 Å². The molecule has 1 aliphatic rings. The normalized spacial score (nSPS) is 15.9. The van der Waals surface area contributed by atoms with Crippen LogP contribution in [0.4, 0.5) is 36.4 Å². The number of allylic oxidation sites excluding steroid dienone is 1. The molecule has 10 heteroatoms. The fraction of sp³-hybridized carbons (Fsp3) is 0.276. The Morgan fingerprint density at radius 3 is 2.28 bits per heavy atom. The lowest BCUT2D eigenvalue weighted by molar-refractivity contribution is -0.143.